The molecule has 0 saturated carbocycles. The van der Waals surface area contributed by atoms with Crippen molar-refractivity contribution in [3.8, 4) is 0 Å². The lowest BCUT2D eigenvalue weighted by Gasteiger charge is -2.34. The third-order valence-electron chi connectivity index (χ3n) is 3.99. The molecule has 1 rings (SSSR count). The van der Waals surface area contributed by atoms with E-state index in [1.54, 1.807) is 11.2 Å². The van der Waals surface area contributed by atoms with Crippen LogP contribution in [0.1, 0.15) is 40.5 Å². The van der Waals surface area contributed by atoms with Gasteiger partial charge in [0.2, 0.25) is 10.0 Å². The van der Waals surface area contributed by atoms with Crippen molar-refractivity contribution in [3.05, 3.63) is 0 Å². The SMILES string of the molecule is CCNCC(C)S(=O)(=O)N1CCC(C(C)C)CC1. The van der Waals surface area contributed by atoms with E-state index in [-0.39, 0.29) is 5.25 Å². The van der Waals surface area contributed by atoms with E-state index in [2.05, 4.69) is 19.2 Å². The van der Waals surface area contributed by atoms with Crippen LogP contribution in [0.5, 0.6) is 0 Å². The molecule has 1 saturated heterocycles. The first-order chi connectivity index (χ1) is 8.39. The third kappa shape index (κ3) is 3.93. The summed E-state index contributed by atoms with van der Waals surface area (Å²) in [5.74, 6) is 1.34. The molecule has 1 N–H and O–H groups in total. The Morgan fingerprint density at radius 3 is 2.22 bits per heavy atom. The molecule has 1 aliphatic heterocycles. The molecule has 108 valence electrons. The van der Waals surface area contributed by atoms with Crippen LogP contribution >= 0.6 is 0 Å². The number of nitrogens with one attached hydrogen (secondary N) is 1. The normalized spacial score (nSPS) is 21.4. The Balaban J connectivity index is 2.55. The van der Waals surface area contributed by atoms with Crippen LogP contribution in [0.4, 0.5) is 0 Å². The van der Waals surface area contributed by atoms with Gasteiger partial charge in [0.1, 0.15) is 0 Å². The maximum atomic E-state index is 12.4. The van der Waals surface area contributed by atoms with Crippen LogP contribution in [0.25, 0.3) is 0 Å². The Bertz CT molecular complexity index is 333. The van der Waals surface area contributed by atoms with E-state index in [1.807, 2.05) is 6.92 Å². The van der Waals surface area contributed by atoms with Gasteiger partial charge in [-0.15, -0.1) is 0 Å². The molecule has 0 amide bonds. The quantitative estimate of drug-likeness (QED) is 0.803. The van der Waals surface area contributed by atoms with Crippen LogP contribution in [0.3, 0.4) is 0 Å². The Hall–Kier alpha value is -0.130. The minimum absolute atomic E-state index is 0.326. The average molecular weight is 276 g/mol. The van der Waals surface area contributed by atoms with Crippen molar-refractivity contribution in [1.29, 1.82) is 0 Å². The first-order valence-electron chi connectivity index (χ1n) is 7.09. The standard InChI is InChI=1S/C13H28N2O2S/c1-5-14-10-12(4)18(16,17)15-8-6-13(7-9-15)11(2)3/h11-14H,5-10H2,1-4H3. The molecule has 1 unspecified atom stereocenters. The second kappa shape index (κ2) is 6.87. The summed E-state index contributed by atoms with van der Waals surface area (Å²) in [5, 5.41) is 2.79. The van der Waals surface area contributed by atoms with Crippen LogP contribution in [-0.2, 0) is 10.0 Å². The third-order valence-corrected chi connectivity index (χ3v) is 6.26. The summed E-state index contributed by atoms with van der Waals surface area (Å²) in [7, 11) is -3.11. The first kappa shape index (κ1) is 15.9. The van der Waals surface area contributed by atoms with Gasteiger partial charge in [0, 0.05) is 19.6 Å². The average Bonchev–Trinajstić information content (AvgIpc) is 2.35. The zero-order valence-corrected chi connectivity index (χ0v) is 13.0. The van der Waals surface area contributed by atoms with Crippen molar-refractivity contribution < 1.29 is 8.42 Å². The lowest BCUT2D eigenvalue weighted by molar-refractivity contribution is 0.225. The first-order valence-corrected chi connectivity index (χ1v) is 8.59. The fourth-order valence-electron chi connectivity index (χ4n) is 2.50. The summed E-state index contributed by atoms with van der Waals surface area (Å²) in [6.07, 6.45) is 2.01. The van der Waals surface area contributed by atoms with Crippen molar-refractivity contribution in [2.45, 2.75) is 45.8 Å². The monoisotopic (exact) mass is 276 g/mol. The highest BCUT2D eigenvalue weighted by atomic mass is 32.2. The fraction of sp³-hybridized carbons (Fsp3) is 1.00. The van der Waals surface area contributed by atoms with E-state index in [1.165, 1.54) is 0 Å². The van der Waals surface area contributed by atoms with Crippen molar-refractivity contribution in [2.24, 2.45) is 11.8 Å². The van der Waals surface area contributed by atoms with Crippen LogP contribution in [0.2, 0.25) is 0 Å². The van der Waals surface area contributed by atoms with Gasteiger partial charge in [0.05, 0.1) is 5.25 Å². The minimum Gasteiger partial charge on any atom is -0.316 e. The zero-order chi connectivity index (χ0) is 13.8. The van der Waals surface area contributed by atoms with E-state index < -0.39 is 10.0 Å². The molecule has 0 radical (unpaired) electrons. The molecule has 5 heteroatoms. The molecular formula is C13H28N2O2S. The van der Waals surface area contributed by atoms with Gasteiger partial charge in [-0.25, -0.2) is 12.7 Å². The van der Waals surface area contributed by atoms with E-state index in [0.29, 0.717) is 31.5 Å². The number of piperidine rings is 1. The molecule has 0 aromatic heterocycles. The highest BCUT2D eigenvalue weighted by molar-refractivity contribution is 7.89. The minimum atomic E-state index is -3.11. The van der Waals surface area contributed by atoms with Crippen molar-refractivity contribution in [1.82, 2.24) is 9.62 Å². The second-order valence-corrected chi connectivity index (χ2v) is 7.99. The van der Waals surface area contributed by atoms with Gasteiger partial charge in [-0.05, 0) is 38.1 Å². The molecule has 1 aliphatic rings. The molecule has 0 aromatic rings. The van der Waals surface area contributed by atoms with Gasteiger partial charge < -0.3 is 5.32 Å². The van der Waals surface area contributed by atoms with Gasteiger partial charge in [-0.1, -0.05) is 20.8 Å². The summed E-state index contributed by atoms with van der Waals surface area (Å²) >= 11 is 0. The van der Waals surface area contributed by atoms with E-state index >= 15 is 0 Å². The highest BCUT2D eigenvalue weighted by Gasteiger charge is 2.32. The molecule has 0 bridgehead atoms. The molecule has 18 heavy (non-hydrogen) atoms. The lowest BCUT2D eigenvalue weighted by atomic mass is 9.87. The zero-order valence-electron chi connectivity index (χ0n) is 12.1. The predicted molar refractivity (Wildman–Crippen MR) is 76.1 cm³/mol. The summed E-state index contributed by atoms with van der Waals surface area (Å²) in [5.41, 5.74) is 0. The maximum Gasteiger partial charge on any atom is 0.217 e. The van der Waals surface area contributed by atoms with Crippen molar-refractivity contribution >= 4 is 10.0 Å². The lowest BCUT2D eigenvalue weighted by Crippen LogP contribution is -2.46. The number of hydrogen-bond acceptors (Lipinski definition) is 3. The van der Waals surface area contributed by atoms with Gasteiger partial charge >= 0.3 is 0 Å². The number of rotatable bonds is 6. The Morgan fingerprint density at radius 2 is 1.78 bits per heavy atom. The molecule has 1 heterocycles. The van der Waals surface area contributed by atoms with Gasteiger partial charge in [0.25, 0.3) is 0 Å². The largest absolute Gasteiger partial charge is 0.316 e. The molecule has 0 aliphatic carbocycles. The summed E-state index contributed by atoms with van der Waals surface area (Å²) in [6, 6.07) is 0. The maximum absolute atomic E-state index is 12.4. The topological polar surface area (TPSA) is 49.4 Å². The van der Waals surface area contributed by atoms with Crippen LogP contribution in [0, 0.1) is 11.8 Å². The van der Waals surface area contributed by atoms with Gasteiger partial charge in [-0.2, -0.15) is 0 Å². The molecule has 4 nitrogen and oxygen atoms in total. The summed E-state index contributed by atoms with van der Waals surface area (Å²) in [6.45, 7) is 11.0. The smallest absolute Gasteiger partial charge is 0.217 e. The van der Waals surface area contributed by atoms with Gasteiger partial charge in [0.15, 0.2) is 0 Å². The Morgan fingerprint density at radius 1 is 1.22 bits per heavy atom. The number of sulfonamides is 1. The van der Waals surface area contributed by atoms with Gasteiger partial charge in [-0.3, -0.25) is 0 Å². The number of nitrogens with zero attached hydrogens (tertiary/aromatic N) is 1. The van der Waals surface area contributed by atoms with E-state index in [4.69, 9.17) is 0 Å². The fourth-order valence-corrected chi connectivity index (χ4v) is 4.06. The molecule has 0 aromatic carbocycles. The van der Waals surface area contributed by atoms with E-state index in [9.17, 15) is 8.42 Å². The Labute approximate surface area is 112 Å². The summed E-state index contributed by atoms with van der Waals surface area (Å²) < 4.78 is 26.4. The molecule has 1 fully saturated rings. The highest BCUT2D eigenvalue weighted by Crippen LogP contribution is 2.26. The molecular weight excluding hydrogens is 248 g/mol. The van der Waals surface area contributed by atoms with Crippen molar-refractivity contribution in [3.63, 3.8) is 0 Å². The van der Waals surface area contributed by atoms with Crippen LogP contribution in [-0.4, -0.2) is 44.2 Å². The number of hydrogen-bond donors (Lipinski definition) is 1. The second-order valence-electron chi connectivity index (χ2n) is 5.64. The molecule has 0 spiro atoms. The molecule has 1 atom stereocenters. The summed E-state index contributed by atoms with van der Waals surface area (Å²) in [4.78, 5) is 0. The Kier molecular flexibility index (Phi) is 6.08. The van der Waals surface area contributed by atoms with E-state index in [0.717, 1.165) is 19.4 Å². The van der Waals surface area contributed by atoms with Crippen molar-refractivity contribution in [2.75, 3.05) is 26.2 Å². The van der Waals surface area contributed by atoms with Crippen LogP contribution in [0.15, 0.2) is 0 Å². The predicted octanol–water partition coefficient (Wildman–Crippen LogP) is 1.68. The van der Waals surface area contributed by atoms with Crippen LogP contribution < -0.4 is 5.32 Å².